The molecule has 1 aromatic rings. The first-order valence-electron chi connectivity index (χ1n) is 4.40. The molecule has 0 fully saturated rings. The molecule has 0 bridgehead atoms. The van der Waals surface area contributed by atoms with Gasteiger partial charge >= 0.3 is 0 Å². The molecule has 0 amide bonds. The maximum absolute atomic E-state index is 10.6. The lowest BCUT2D eigenvalue weighted by atomic mass is 10.1. The van der Waals surface area contributed by atoms with Crippen LogP contribution in [-0.2, 0) is 10.9 Å². The SMILES string of the molecule is CC(C)c1cc[n+](CP(=O)([O-])O)cc1. The first-order chi connectivity index (χ1) is 6.38. The Bertz CT molecular complexity index is 342. The summed E-state index contributed by atoms with van der Waals surface area (Å²) in [5, 5.41) is 0. The van der Waals surface area contributed by atoms with E-state index in [9.17, 15) is 9.46 Å². The highest BCUT2D eigenvalue weighted by Gasteiger charge is 2.10. The van der Waals surface area contributed by atoms with Crippen LogP contribution in [0.1, 0.15) is 25.3 Å². The average Bonchev–Trinajstić information content (AvgIpc) is 2.02. The summed E-state index contributed by atoms with van der Waals surface area (Å²) in [6.45, 7) is 4.12. The van der Waals surface area contributed by atoms with E-state index in [2.05, 4.69) is 13.8 Å². The van der Waals surface area contributed by atoms with E-state index in [1.54, 1.807) is 12.4 Å². The topological polar surface area (TPSA) is 64.2 Å². The van der Waals surface area contributed by atoms with Gasteiger partial charge in [0, 0.05) is 12.1 Å². The van der Waals surface area contributed by atoms with Crippen LogP contribution < -0.4 is 9.46 Å². The molecular weight excluding hydrogens is 201 g/mol. The molecule has 0 saturated carbocycles. The molecule has 1 unspecified atom stereocenters. The Morgan fingerprint density at radius 1 is 1.50 bits per heavy atom. The molecule has 14 heavy (non-hydrogen) atoms. The second-order valence-electron chi connectivity index (χ2n) is 3.58. The van der Waals surface area contributed by atoms with Crippen LogP contribution in [0, 0.1) is 0 Å². The number of hydrogen-bond donors (Lipinski definition) is 1. The van der Waals surface area contributed by atoms with Gasteiger partial charge in [0.25, 0.3) is 0 Å². The zero-order valence-corrected chi connectivity index (χ0v) is 9.15. The molecule has 0 aliphatic rings. The van der Waals surface area contributed by atoms with Gasteiger partial charge in [0.15, 0.2) is 20.0 Å². The third kappa shape index (κ3) is 3.58. The summed E-state index contributed by atoms with van der Waals surface area (Å²) in [5.74, 6) is 0.415. The van der Waals surface area contributed by atoms with Gasteiger partial charge in [0.05, 0.1) is 0 Å². The van der Waals surface area contributed by atoms with E-state index in [4.69, 9.17) is 4.89 Å². The Labute approximate surface area is 83.4 Å². The fourth-order valence-corrected chi connectivity index (χ4v) is 1.76. The Balaban J connectivity index is 2.79. The summed E-state index contributed by atoms with van der Waals surface area (Å²) >= 11 is 0. The number of nitrogens with zero attached hydrogens (tertiary/aromatic N) is 1. The molecule has 0 saturated heterocycles. The number of rotatable bonds is 3. The van der Waals surface area contributed by atoms with Crippen LogP contribution in [0.5, 0.6) is 0 Å². The molecule has 78 valence electrons. The smallest absolute Gasteiger partial charge is 0.210 e. The van der Waals surface area contributed by atoms with Crippen LogP contribution in [0.3, 0.4) is 0 Å². The van der Waals surface area contributed by atoms with E-state index in [1.807, 2.05) is 12.1 Å². The fraction of sp³-hybridized carbons (Fsp3) is 0.444. The highest BCUT2D eigenvalue weighted by atomic mass is 31.2. The summed E-state index contributed by atoms with van der Waals surface area (Å²) in [6, 6.07) is 3.70. The van der Waals surface area contributed by atoms with Crippen LogP contribution in [0.25, 0.3) is 0 Å². The lowest BCUT2D eigenvalue weighted by Crippen LogP contribution is -2.34. The molecule has 1 rings (SSSR count). The van der Waals surface area contributed by atoms with Crippen molar-refractivity contribution in [2.45, 2.75) is 26.1 Å². The zero-order chi connectivity index (χ0) is 10.8. The van der Waals surface area contributed by atoms with Crippen LogP contribution >= 0.6 is 7.60 Å². The highest BCUT2D eigenvalue weighted by molar-refractivity contribution is 7.48. The Hall–Kier alpha value is -0.700. The van der Waals surface area contributed by atoms with Gasteiger partial charge in [-0.3, -0.25) is 0 Å². The Morgan fingerprint density at radius 2 is 2.00 bits per heavy atom. The molecule has 0 spiro atoms. The number of pyridine rings is 1. The molecule has 4 nitrogen and oxygen atoms in total. The third-order valence-corrected chi connectivity index (χ3v) is 2.61. The molecule has 1 N–H and O–H groups in total. The van der Waals surface area contributed by atoms with Gasteiger partial charge in [-0.2, -0.15) is 4.57 Å². The van der Waals surface area contributed by atoms with Crippen molar-refractivity contribution in [3.05, 3.63) is 30.1 Å². The van der Waals surface area contributed by atoms with Gasteiger partial charge < -0.3 is 14.4 Å². The van der Waals surface area contributed by atoms with Gasteiger partial charge in [0.2, 0.25) is 6.29 Å². The summed E-state index contributed by atoms with van der Waals surface area (Å²) < 4.78 is 12.0. The molecule has 5 heteroatoms. The number of aromatic nitrogens is 1. The van der Waals surface area contributed by atoms with Gasteiger partial charge in [-0.1, -0.05) is 13.8 Å². The molecule has 1 heterocycles. The maximum atomic E-state index is 10.6. The maximum Gasteiger partial charge on any atom is 0.210 e. The van der Waals surface area contributed by atoms with Crippen molar-refractivity contribution in [3.63, 3.8) is 0 Å². The first-order valence-corrected chi connectivity index (χ1v) is 6.16. The minimum Gasteiger partial charge on any atom is -0.774 e. The Kier molecular flexibility index (Phi) is 3.43. The van der Waals surface area contributed by atoms with Crippen molar-refractivity contribution in [2.24, 2.45) is 0 Å². The predicted molar refractivity (Wildman–Crippen MR) is 50.6 cm³/mol. The molecule has 0 aromatic carbocycles. The fourth-order valence-electron chi connectivity index (χ4n) is 1.15. The third-order valence-electron chi connectivity index (χ3n) is 1.93. The first kappa shape index (κ1) is 11.4. The van der Waals surface area contributed by atoms with Crippen molar-refractivity contribution < 1.29 is 18.9 Å². The second-order valence-corrected chi connectivity index (χ2v) is 5.14. The molecule has 0 radical (unpaired) electrons. The molecule has 1 atom stereocenters. The quantitative estimate of drug-likeness (QED) is 0.593. The van der Waals surface area contributed by atoms with Crippen LogP contribution in [0.4, 0.5) is 0 Å². The molecule has 0 aliphatic heterocycles. The number of hydrogen-bond acceptors (Lipinski definition) is 2. The lowest BCUT2D eigenvalue weighted by molar-refractivity contribution is -0.682. The van der Waals surface area contributed by atoms with Crippen molar-refractivity contribution in [1.29, 1.82) is 0 Å². The summed E-state index contributed by atoms with van der Waals surface area (Å²) in [7, 11) is -4.21. The van der Waals surface area contributed by atoms with Crippen LogP contribution in [0.15, 0.2) is 24.5 Å². The van der Waals surface area contributed by atoms with E-state index in [0.717, 1.165) is 5.56 Å². The summed E-state index contributed by atoms with van der Waals surface area (Å²) in [6.07, 6.45) is 2.93. The molecule has 1 aromatic heterocycles. The van der Waals surface area contributed by atoms with E-state index in [-0.39, 0.29) is 6.29 Å². The standard InChI is InChI=1S/C9H14NO3P/c1-8(2)9-3-5-10(6-4-9)7-14(11,12)13/h3-6,8H,7H2,1-2H3,(H-,11,12,13). The summed E-state index contributed by atoms with van der Waals surface area (Å²) in [5.41, 5.74) is 1.14. The largest absolute Gasteiger partial charge is 0.774 e. The van der Waals surface area contributed by atoms with Crippen molar-refractivity contribution >= 4 is 7.60 Å². The van der Waals surface area contributed by atoms with Crippen LogP contribution in [-0.4, -0.2) is 4.89 Å². The van der Waals surface area contributed by atoms with Crippen LogP contribution in [0.2, 0.25) is 0 Å². The second kappa shape index (κ2) is 4.22. The summed E-state index contributed by atoms with van der Waals surface area (Å²) in [4.78, 5) is 19.2. The van der Waals surface area contributed by atoms with E-state index >= 15 is 0 Å². The van der Waals surface area contributed by atoms with Gasteiger partial charge in [-0.05, 0) is 11.5 Å². The minimum atomic E-state index is -4.21. The Morgan fingerprint density at radius 3 is 2.36 bits per heavy atom. The van der Waals surface area contributed by atoms with Gasteiger partial charge in [-0.25, -0.2) is 0 Å². The van der Waals surface area contributed by atoms with Gasteiger partial charge in [-0.15, -0.1) is 0 Å². The van der Waals surface area contributed by atoms with Crippen molar-refractivity contribution in [2.75, 3.05) is 0 Å². The highest BCUT2D eigenvalue weighted by Crippen LogP contribution is 2.27. The van der Waals surface area contributed by atoms with E-state index < -0.39 is 7.60 Å². The lowest BCUT2D eigenvalue weighted by Gasteiger charge is -2.11. The minimum absolute atomic E-state index is 0.370. The predicted octanol–water partition coefficient (Wildman–Crippen LogP) is 0.601. The van der Waals surface area contributed by atoms with E-state index in [0.29, 0.717) is 5.92 Å². The van der Waals surface area contributed by atoms with Crippen molar-refractivity contribution in [1.82, 2.24) is 0 Å². The van der Waals surface area contributed by atoms with Crippen molar-refractivity contribution in [3.8, 4) is 0 Å². The monoisotopic (exact) mass is 215 g/mol. The van der Waals surface area contributed by atoms with Gasteiger partial charge in [0.1, 0.15) is 0 Å². The normalized spacial score (nSPS) is 15.5. The average molecular weight is 215 g/mol. The molecule has 0 aliphatic carbocycles. The molecular formula is C9H14NO3P. The van der Waals surface area contributed by atoms with E-state index in [1.165, 1.54) is 4.57 Å². The zero-order valence-electron chi connectivity index (χ0n) is 8.25.